The number of aromatic amines is 1. The van der Waals surface area contributed by atoms with Crippen LogP contribution in [0.3, 0.4) is 0 Å². The average molecular weight is 357 g/mol. The predicted octanol–water partition coefficient (Wildman–Crippen LogP) is 4.61. The maximum absolute atomic E-state index is 4.79. The van der Waals surface area contributed by atoms with Gasteiger partial charge in [-0.3, -0.25) is 0 Å². The lowest BCUT2D eigenvalue weighted by Gasteiger charge is -2.13. The van der Waals surface area contributed by atoms with Gasteiger partial charge < -0.3 is 15.2 Å². The quantitative estimate of drug-likeness (QED) is 0.547. The Morgan fingerprint density at radius 1 is 1.04 bits per heavy atom. The SMILES string of the molecule is Cc1cccc(-c2nc3c(NCc4ccc(N(C)C)cc4)nccc3[nH]2)c1. The van der Waals surface area contributed by atoms with Crippen LogP contribution in [0.1, 0.15) is 11.1 Å². The van der Waals surface area contributed by atoms with Gasteiger partial charge >= 0.3 is 0 Å². The summed E-state index contributed by atoms with van der Waals surface area (Å²) in [4.78, 5) is 14.8. The van der Waals surface area contributed by atoms with Crippen molar-refractivity contribution in [2.24, 2.45) is 0 Å². The van der Waals surface area contributed by atoms with Crippen molar-refractivity contribution >= 4 is 22.5 Å². The second-order valence-corrected chi connectivity index (χ2v) is 6.93. The van der Waals surface area contributed by atoms with Crippen LogP contribution in [-0.4, -0.2) is 29.0 Å². The zero-order valence-corrected chi connectivity index (χ0v) is 15.8. The summed E-state index contributed by atoms with van der Waals surface area (Å²) in [7, 11) is 4.09. The number of hydrogen-bond donors (Lipinski definition) is 2. The average Bonchev–Trinajstić information content (AvgIpc) is 3.11. The Morgan fingerprint density at radius 2 is 1.85 bits per heavy atom. The Hall–Kier alpha value is -3.34. The van der Waals surface area contributed by atoms with E-state index in [1.165, 1.54) is 16.8 Å². The van der Waals surface area contributed by atoms with Gasteiger partial charge in [-0.1, -0.05) is 35.9 Å². The molecule has 0 aliphatic heterocycles. The molecule has 0 aliphatic rings. The summed E-state index contributed by atoms with van der Waals surface area (Å²) in [5.41, 5.74) is 6.52. The summed E-state index contributed by atoms with van der Waals surface area (Å²) in [5.74, 6) is 1.65. The number of hydrogen-bond acceptors (Lipinski definition) is 4. The van der Waals surface area contributed by atoms with Crippen molar-refractivity contribution in [2.75, 3.05) is 24.3 Å². The number of anilines is 2. The van der Waals surface area contributed by atoms with Gasteiger partial charge in [0, 0.05) is 38.1 Å². The van der Waals surface area contributed by atoms with Gasteiger partial charge in [-0.25, -0.2) is 9.97 Å². The number of benzene rings is 2. The van der Waals surface area contributed by atoms with Gasteiger partial charge in [0.2, 0.25) is 0 Å². The summed E-state index contributed by atoms with van der Waals surface area (Å²) in [6.07, 6.45) is 1.80. The van der Waals surface area contributed by atoms with Gasteiger partial charge in [0.15, 0.2) is 5.82 Å². The van der Waals surface area contributed by atoms with E-state index in [0.29, 0.717) is 6.54 Å². The number of nitrogens with one attached hydrogen (secondary N) is 2. The fourth-order valence-corrected chi connectivity index (χ4v) is 3.09. The van der Waals surface area contributed by atoms with Crippen LogP contribution >= 0.6 is 0 Å². The number of H-pyrrole nitrogens is 1. The molecule has 0 fully saturated rings. The minimum atomic E-state index is 0.701. The van der Waals surface area contributed by atoms with Gasteiger partial charge in [0.25, 0.3) is 0 Å². The maximum Gasteiger partial charge on any atom is 0.154 e. The minimum absolute atomic E-state index is 0.701. The van der Waals surface area contributed by atoms with E-state index in [1.807, 2.05) is 26.2 Å². The number of pyridine rings is 1. The fourth-order valence-electron chi connectivity index (χ4n) is 3.09. The van der Waals surface area contributed by atoms with Crippen molar-refractivity contribution in [3.63, 3.8) is 0 Å². The van der Waals surface area contributed by atoms with E-state index >= 15 is 0 Å². The molecule has 5 nitrogen and oxygen atoms in total. The Labute approximate surface area is 159 Å². The van der Waals surface area contributed by atoms with Crippen molar-refractivity contribution in [2.45, 2.75) is 13.5 Å². The summed E-state index contributed by atoms with van der Waals surface area (Å²) in [6, 6.07) is 18.8. The second-order valence-electron chi connectivity index (χ2n) is 6.93. The van der Waals surface area contributed by atoms with Crippen molar-refractivity contribution < 1.29 is 0 Å². The third-order valence-electron chi connectivity index (χ3n) is 4.61. The molecule has 0 aliphatic carbocycles. The normalized spacial score (nSPS) is 10.9. The lowest BCUT2D eigenvalue weighted by Crippen LogP contribution is -2.08. The van der Waals surface area contributed by atoms with Crippen LogP contribution in [0.5, 0.6) is 0 Å². The van der Waals surface area contributed by atoms with Crippen LogP contribution < -0.4 is 10.2 Å². The van der Waals surface area contributed by atoms with Crippen LogP contribution in [0, 0.1) is 6.92 Å². The van der Waals surface area contributed by atoms with Gasteiger partial charge in [0.1, 0.15) is 11.3 Å². The minimum Gasteiger partial charge on any atom is -0.378 e. The number of rotatable bonds is 5. The number of fused-ring (bicyclic) bond motifs is 1. The van der Waals surface area contributed by atoms with Gasteiger partial charge in [-0.15, -0.1) is 0 Å². The lowest BCUT2D eigenvalue weighted by molar-refractivity contribution is 1.10. The molecule has 0 radical (unpaired) electrons. The monoisotopic (exact) mass is 357 g/mol. The number of aromatic nitrogens is 3. The first kappa shape index (κ1) is 17.1. The van der Waals surface area contributed by atoms with Crippen molar-refractivity contribution in [3.8, 4) is 11.4 Å². The molecule has 27 heavy (non-hydrogen) atoms. The summed E-state index contributed by atoms with van der Waals surface area (Å²) < 4.78 is 0. The highest BCUT2D eigenvalue weighted by Crippen LogP contribution is 2.25. The van der Waals surface area contributed by atoms with E-state index in [-0.39, 0.29) is 0 Å². The second kappa shape index (κ2) is 7.11. The van der Waals surface area contributed by atoms with E-state index in [2.05, 4.69) is 69.6 Å². The molecule has 0 spiro atoms. The standard InChI is InChI=1S/C22H23N5/c1-15-5-4-6-17(13-15)21-25-19-11-12-23-22(20(19)26-21)24-14-16-7-9-18(10-8-16)27(2)3/h4-13H,14H2,1-3H3,(H,23,24)(H,25,26). The molecule has 2 heterocycles. The van der Waals surface area contributed by atoms with Crippen LogP contribution in [0.15, 0.2) is 60.8 Å². The third-order valence-corrected chi connectivity index (χ3v) is 4.61. The molecule has 2 aromatic carbocycles. The van der Waals surface area contributed by atoms with E-state index < -0.39 is 0 Å². The molecule has 2 aromatic heterocycles. The molecular formula is C22H23N5. The Balaban J connectivity index is 1.58. The zero-order valence-electron chi connectivity index (χ0n) is 15.8. The number of imidazole rings is 1. The highest BCUT2D eigenvalue weighted by molar-refractivity contribution is 5.88. The molecule has 0 amide bonds. The summed E-state index contributed by atoms with van der Waals surface area (Å²) in [5, 5.41) is 3.42. The molecular weight excluding hydrogens is 334 g/mol. The van der Waals surface area contributed by atoms with E-state index in [0.717, 1.165) is 28.2 Å². The maximum atomic E-state index is 4.79. The third kappa shape index (κ3) is 3.62. The van der Waals surface area contributed by atoms with Crippen LogP contribution in [0.2, 0.25) is 0 Å². The molecule has 4 rings (SSSR count). The topological polar surface area (TPSA) is 56.8 Å². The lowest BCUT2D eigenvalue weighted by atomic mass is 10.1. The van der Waals surface area contributed by atoms with Crippen molar-refractivity contribution in [1.29, 1.82) is 0 Å². The largest absolute Gasteiger partial charge is 0.378 e. The summed E-state index contributed by atoms with van der Waals surface area (Å²) >= 11 is 0. The molecule has 2 N–H and O–H groups in total. The van der Waals surface area contributed by atoms with Gasteiger partial charge in [-0.05, 0) is 36.8 Å². The number of aryl methyl sites for hydroxylation is 1. The molecule has 0 saturated carbocycles. The van der Waals surface area contributed by atoms with E-state index in [1.54, 1.807) is 6.20 Å². The van der Waals surface area contributed by atoms with E-state index in [4.69, 9.17) is 4.98 Å². The highest BCUT2D eigenvalue weighted by atomic mass is 15.1. The molecule has 0 saturated heterocycles. The van der Waals surface area contributed by atoms with E-state index in [9.17, 15) is 0 Å². The van der Waals surface area contributed by atoms with Crippen LogP contribution in [0.25, 0.3) is 22.4 Å². The van der Waals surface area contributed by atoms with Crippen molar-refractivity contribution in [1.82, 2.24) is 15.0 Å². The molecule has 0 bridgehead atoms. The summed E-state index contributed by atoms with van der Waals surface area (Å²) in [6.45, 7) is 2.79. The Bertz CT molecular complexity index is 1060. The molecule has 0 unspecified atom stereocenters. The predicted molar refractivity (Wildman–Crippen MR) is 112 cm³/mol. The fraction of sp³-hybridized carbons (Fsp3) is 0.182. The van der Waals surface area contributed by atoms with Crippen LogP contribution in [0.4, 0.5) is 11.5 Å². The highest BCUT2D eigenvalue weighted by Gasteiger charge is 2.10. The molecule has 136 valence electrons. The Kier molecular flexibility index (Phi) is 4.50. The molecule has 0 atom stereocenters. The Morgan fingerprint density at radius 3 is 2.59 bits per heavy atom. The molecule has 4 aromatic rings. The number of nitrogens with zero attached hydrogens (tertiary/aromatic N) is 3. The first-order valence-electron chi connectivity index (χ1n) is 9.02. The first-order chi connectivity index (χ1) is 13.1. The smallest absolute Gasteiger partial charge is 0.154 e. The van der Waals surface area contributed by atoms with Crippen molar-refractivity contribution in [3.05, 3.63) is 71.9 Å². The first-order valence-corrected chi connectivity index (χ1v) is 9.02. The zero-order chi connectivity index (χ0) is 18.8. The molecule has 5 heteroatoms. The van der Waals surface area contributed by atoms with Gasteiger partial charge in [-0.2, -0.15) is 0 Å². The van der Waals surface area contributed by atoms with Crippen LogP contribution in [-0.2, 0) is 6.54 Å². The van der Waals surface area contributed by atoms with Gasteiger partial charge in [0.05, 0.1) is 5.52 Å².